The second kappa shape index (κ2) is 119. The summed E-state index contributed by atoms with van der Waals surface area (Å²) >= 11 is 0. The minimum atomic E-state index is -3.42. The van der Waals surface area contributed by atoms with Crippen molar-refractivity contribution in [2.45, 2.75) is 475 Å². The Morgan fingerprint density at radius 2 is 0.199 bits per heavy atom. The van der Waals surface area contributed by atoms with Gasteiger partial charge >= 0.3 is 0 Å². The van der Waals surface area contributed by atoms with Gasteiger partial charge in [0.05, 0.1) is 9.79 Å². The van der Waals surface area contributed by atoms with E-state index in [1.54, 1.807) is 72.8 Å². The van der Waals surface area contributed by atoms with Gasteiger partial charge in [-0.25, -0.2) is 8.42 Å². The predicted molar refractivity (Wildman–Crippen MR) is 654 cm³/mol. The molecular formula is C133H232O7S. The van der Waals surface area contributed by atoms with Crippen molar-refractivity contribution >= 4 is 38.8 Å². The molecule has 10 rings (SSSR count). The molecule has 0 N–H and O–H groups in total. The van der Waals surface area contributed by atoms with E-state index in [1.807, 2.05) is 447 Å². The Bertz CT molecular complexity index is 3890. The summed E-state index contributed by atoms with van der Waals surface area (Å²) in [6.45, 7) is 114. The molecule has 0 amide bonds. The van der Waals surface area contributed by atoms with Crippen LogP contribution in [0.3, 0.4) is 0 Å². The van der Waals surface area contributed by atoms with Crippen LogP contribution in [0.15, 0.2) is 252 Å². The molecule has 0 saturated carbocycles. The van der Waals surface area contributed by atoms with Gasteiger partial charge in [-0.15, -0.1) is 0 Å². The lowest BCUT2D eigenvalue weighted by atomic mass is 9.95. The number of benzene rings is 10. The molecule has 0 aliphatic carbocycles. The highest BCUT2D eigenvalue weighted by molar-refractivity contribution is 7.91. The molecule has 10 aromatic rings. The molecule has 0 aromatic heterocycles. The van der Waals surface area contributed by atoms with Crippen molar-refractivity contribution in [2.75, 3.05) is 0 Å². The Morgan fingerprint density at radius 3 is 0.270 bits per heavy atom. The Balaban J connectivity index is -0.0000000793. The molecule has 0 heterocycles. The third-order valence-corrected chi connectivity index (χ3v) is 19.4. The fraction of sp³-hybridized carbons (Fsp3) is 0.511. The molecule has 7 nitrogen and oxygen atoms in total. The molecule has 0 radical (unpaired) electrons. The number of sulfone groups is 1. The van der Waals surface area contributed by atoms with Gasteiger partial charge in [0.1, 0.15) is 0 Å². The number of carbonyl (C=O) groups is 5. The van der Waals surface area contributed by atoms with Crippen molar-refractivity contribution in [3.05, 3.63) is 343 Å². The first kappa shape index (κ1) is 174. The van der Waals surface area contributed by atoms with E-state index in [2.05, 4.69) is 111 Å². The summed E-state index contributed by atoms with van der Waals surface area (Å²) in [6, 6.07) is 75.0. The van der Waals surface area contributed by atoms with Gasteiger partial charge < -0.3 is 0 Å². The third-order valence-electron chi connectivity index (χ3n) is 17.6. The summed E-state index contributed by atoms with van der Waals surface area (Å²) in [5.41, 5.74) is 16.1. The van der Waals surface area contributed by atoms with Crippen LogP contribution >= 0.6 is 0 Å². The summed E-state index contributed by atoms with van der Waals surface area (Å²) in [5.74, 6) is 3.47. The van der Waals surface area contributed by atoms with E-state index < -0.39 is 9.84 Å². The summed E-state index contributed by atoms with van der Waals surface area (Å²) in [6.07, 6.45) is 0. The Labute approximate surface area is 882 Å². The SMILES string of the molecule is C.C.C.C.CC.CC.CC.CC.CC.CC.CC.CC.CC.CC.CC.CC.CC.CC.CC.CC.CC.CC.CC.CC.CC(C)c1ccc(C(=O)c2ccc(C(=O)c3ccc(C(C)C)cc3)cc2)cc1.CC(C)c1ccc(C(=O)c2ccc(C(=O)c3ccc(C(C)C)cc3)cc2)cc1.CC(C)c1ccc(C(=O)c2ccc(C(C)C)cc2)cc1.CC(C)c1ccc(S(=O)(=O)c2ccc(C(C)C)cc2)cc1. The van der Waals surface area contributed by atoms with E-state index in [4.69, 9.17) is 0 Å². The molecule has 0 fully saturated rings. The summed E-state index contributed by atoms with van der Waals surface area (Å²) in [7, 11) is -3.42. The molecule has 10 aromatic carbocycles. The van der Waals surface area contributed by atoms with E-state index in [0.717, 1.165) is 22.3 Å². The quantitative estimate of drug-likeness (QED) is 0.0697. The van der Waals surface area contributed by atoms with Crippen LogP contribution in [0.25, 0.3) is 0 Å². The van der Waals surface area contributed by atoms with Crippen molar-refractivity contribution in [3.63, 3.8) is 0 Å². The second-order valence-electron chi connectivity index (χ2n) is 27.4. The topological polar surface area (TPSA) is 119 Å². The normalized spacial score (nSPS) is 8.62. The second-order valence-corrected chi connectivity index (χ2v) is 29.4. The minimum absolute atomic E-state index is 0. The van der Waals surface area contributed by atoms with Gasteiger partial charge in [0.2, 0.25) is 9.84 Å². The Hall–Kier alpha value is -9.50. The molecule has 0 spiro atoms. The molecule has 8 heteroatoms. The number of carbonyl (C=O) groups excluding carboxylic acids is 5. The lowest BCUT2D eigenvalue weighted by molar-refractivity contribution is 0.102. The minimum Gasteiger partial charge on any atom is -0.289 e. The highest BCUT2D eigenvalue weighted by Crippen LogP contribution is 2.28. The van der Waals surface area contributed by atoms with Crippen molar-refractivity contribution in [1.29, 1.82) is 0 Å². The maximum absolute atomic E-state index is 12.7. The molecular weight excluding hydrogens is 1740 g/mol. The maximum atomic E-state index is 12.7. The lowest BCUT2D eigenvalue weighted by Crippen LogP contribution is -2.05. The molecule has 812 valence electrons. The number of ketones is 5. The fourth-order valence-electron chi connectivity index (χ4n) is 10.7. The fourth-order valence-corrected chi connectivity index (χ4v) is 12.0. The highest BCUT2D eigenvalue weighted by Gasteiger charge is 2.20. The van der Waals surface area contributed by atoms with Gasteiger partial charge in [-0.3, -0.25) is 24.0 Å². The van der Waals surface area contributed by atoms with Gasteiger partial charge in [-0.05, 0) is 116 Å². The average Bonchev–Trinajstić information content (AvgIpc) is 0.787. The molecule has 0 saturated heterocycles. The zero-order valence-corrected chi connectivity index (χ0v) is 100. The van der Waals surface area contributed by atoms with Gasteiger partial charge in [-0.1, -0.05) is 636 Å². The van der Waals surface area contributed by atoms with Crippen LogP contribution in [0.4, 0.5) is 0 Å². The summed E-state index contributed by atoms with van der Waals surface area (Å²) in [4.78, 5) is 63.9. The monoisotopic (exact) mass is 1970 g/mol. The van der Waals surface area contributed by atoms with E-state index >= 15 is 0 Å². The maximum Gasteiger partial charge on any atom is 0.206 e. The third kappa shape index (κ3) is 70.8. The molecule has 0 aliphatic rings. The van der Waals surface area contributed by atoms with E-state index in [9.17, 15) is 32.4 Å². The number of hydrogen-bond donors (Lipinski definition) is 0. The smallest absolute Gasteiger partial charge is 0.206 e. The van der Waals surface area contributed by atoms with Crippen LogP contribution in [-0.2, 0) is 9.84 Å². The first-order chi connectivity index (χ1) is 66.0. The van der Waals surface area contributed by atoms with Crippen molar-refractivity contribution in [2.24, 2.45) is 0 Å². The van der Waals surface area contributed by atoms with Gasteiger partial charge in [0, 0.05) is 55.6 Å². The van der Waals surface area contributed by atoms with Crippen LogP contribution in [-0.4, -0.2) is 37.3 Å². The molecule has 0 aliphatic heterocycles. The van der Waals surface area contributed by atoms with E-state index in [-0.39, 0.29) is 58.6 Å². The van der Waals surface area contributed by atoms with E-state index in [0.29, 0.717) is 102 Å². The lowest BCUT2D eigenvalue weighted by Gasteiger charge is -2.10. The standard InChI is InChI=1S/2C26H26O2.C19H22O.C18H22O2S.20C2H6.4CH4/c2*1-17(2)19-5-9-21(10-6-19)25(27)23-13-15-24(16-14-23)26(28)22-11-7-20(8-12-22)18(3)4;1-13(2)15-5-9-17(10-6-15)19(20)18-11-7-16(8-12-18)14(3)4;1-13(2)15-5-9-17(10-6-15)21(19,20)18-11-7-16(8-12-18)14(3)4;20*1-2;;;;/h2*5-18H,1-4H3;5-14H,1-4H3;5-14H,1-4H3;20*1-2H3;4*1H4. The van der Waals surface area contributed by atoms with Crippen molar-refractivity contribution < 1.29 is 32.4 Å². The first-order valence-electron chi connectivity index (χ1n) is 54.0. The highest BCUT2D eigenvalue weighted by atomic mass is 32.2. The van der Waals surface area contributed by atoms with Crippen molar-refractivity contribution in [1.82, 2.24) is 0 Å². The Morgan fingerprint density at radius 1 is 0.135 bits per heavy atom. The average molecular weight is 1980 g/mol. The zero-order chi connectivity index (χ0) is 111. The predicted octanol–water partition coefficient (Wildman–Crippen LogP) is 45.8. The molecule has 141 heavy (non-hydrogen) atoms. The van der Waals surface area contributed by atoms with E-state index in [1.165, 1.54) is 33.4 Å². The molecule has 0 atom stereocenters. The van der Waals surface area contributed by atoms with Crippen LogP contribution in [0, 0.1) is 0 Å². The van der Waals surface area contributed by atoms with Crippen LogP contribution < -0.4 is 0 Å². The summed E-state index contributed by atoms with van der Waals surface area (Å²) < 4.78 is 25.2. The van der Waals surface area contributed by atoms with Crippen LogP contribution in [0.5, 0.6) is 0 Å². The summed E-state index contributed by atoms with van der Waals surface area (Å²) in [5, 5.41) is 0. The van der Waals surface area contributed by atoms with Crippen LogP contribution in [0.1, 0.15) is 589 Å². The van der Waals surface area contributed by atoms with Gasteiger partial charge in [-0.2, -0.15) is 0 Å². The number of hydrogen-bond acceptors (Lipinski definition) is 7. The Kier molecular flexibility index (Phi) is 147. The molecule has 0 bridgehead atoms. The largest absolute Gasteiger partial charge is 0.289 e. The van der Waals surface area contributed by atoms with Crippen LogP contribution in [0.2, 0.25) is 0 Å². The van der Waals surface area contributed by atoms with Gasteiger partial charge in [0.15, 0.2) is 28.9 Å². The molecule has 0 unspecified atom stereocenters. The number of rotatable bonds is 20. The first-order valence-corrected chi connectivity index (χ1v) is 55.5. The zero-order valence-electron chi connectivity index (χ0n) is 99.5. The van der Waals surface area contributed by atoms with Crippen molar-refractivity contribution in [3.8, 4) is 0 Å². The van der Waals surface area contributed by atoms with Gasteiger partial charge in [0.25, 0.3) is 0 Å².